The van der Waals surface area contributed by atoms with E-state index in [0.29, 0.717) is 18.4 Å². The highest BCUT2D eigenvalue weighted by Gasteiger charge is 2.47. The lowest BCUT2D eigenvalue weighted by atomic mass is 9.98. The highest BCUT2D eigenvalue weighted by Crippen LogP contribution is 2.48. The first-order valence-electron chi connectivity index (χ1n) is 8.81. The quantitative estimate of drug-likeness (QED) is 0.842. The number of hydrogen-bond donors (Lipinski definition) is 0. The zero-order chi connectivity index (χ0) is 16.4. The van der Waals surface area contributed by atoms with Crippen LogP contribution in [0.2, 0.25) is 0 Å². The highest BCUT2D eigenvalue weighted by atomic mass is 16.5. The number of hydrogen-bond acceptors (Lipinski definition) is 3. The molecule has 3 atom stereocenters. The molecule has 24 heavy (non-hydrogen) atoms. The van der Waals surface area contributed by atoms with Crippen LogP contribution in [0.1, 0.15) is 30.9 Å². The molecule has 1 aliphatic carbocycles. The van der Waals surface area contributed by atoms with Crippen LogP contribution in [0.5, 0.6) is 5.75 Å². The maximum Gasteiger partial charge on any atom is 0.226 e. The van der Waals surface area contributed by atoms with Gasteiger partial charge in [0, 0.05) is 30.8 Å². The van der Waals surface area contributed by atoms with E-state index >= 15 is 0 Å². The summed E-state index contributed by atoms with van der Waals surface area (Å²) in [7, 11) is 0. The number of carbonyl (C=O) groups is 1. The Morgan fingerprint density at radius 3 is 2.88 bits per heavy atom. The molecule has 2 aliphatic rings. The van der Waals surface area contributed by atoms with E-state index in [1.54, 1.807) is 6.26 Å². The number of amides is 1. The van der Waals surface area contributed by atoms with Gasteiger partial charge in [0.15, 0.2) is 0 Å². The third-order valence-corrected chi connectivity index (χ3v) is 5.08. The van der Waals surface area contributed by atoms with Gasteiger partial charge >= 0.3 is 0 Å². The standard InChI is InChI=1S/C20H23NO3/c22-20(18-12-17(18)19-9-5-11-23-19)21-10-4-6-15(13-21)14-24-16-7-2-1-3-8-16/h1-3,5,7-9,11,15,17-18H,4,6,10,12-14H2. The van der Waals surface area contributed by atoms with Gasteiger partial charge in [-0.15, -0.1) is 0 Å². The Hall–Kier alpha value is -2.23. The summed E-state index contributed by atoms with van der Waals surface area (Å²) in [4.78, 5) is 14.8. The molecule has 1 aromatic heterocycles. The van der Waals surface area contributed by atoms with Crippen LogP contribution in [0.15, 0.2) is 53.1 Å². The van der Waals surface area contributed by atoms with Crippen LogP contribution in [0.25, 0.3) is 0 Å². The van der Waals surface area contributed by atoms with E-state index < -0.39 is 0 Å². The zero-order valence-corrected chi connectivity index (χ0v) is 13.8. The molecule has 2 aromatic rings. The number of rotatable bonds is 5. The second kappa shape index (κ2) is 6.71. The molecule has 1 amide bonds. The highest BCUT2D eigenvalue weighted by molar-refractivity contribution is 5.83. The molecule has 1 saturated carbocycles. The van der Waals surface area contributed by atoms with Crippen molar-refractivity contribution < 1.29 is 13.9 Å². The topological polar surface area (TPSA) is 42.7 Å². The molecule has 1 aromatic carbocycles. The minimum absolute atomic E-state index is 0.116. The number of furan rings is 1. The van der Waals surface area contributed by atoms with E-state index in [2.05, 4.69) is 0 Å². The monoisotopic (exact) mass is 325 g/mol. The zero-order valence-electron chi connectivity index (χ0n) is 13.8. The molecule has 4 heteroatoms. The van der Waals surface area contributed by atoms with E-state index in [4.69, 9.17) is 9.15 Å². The molecular weight excluding hydrogens is 302 g/mol. The van der Waals surface area contributed by atoms with Gasteiger partial charge in [0.2, 0.25) is 5.91 Å². The number of para-hydroxylation sites is 1. The lowest BCUT2D eigenvalue weighted by Crippen LogP contribution is -2.42. The van der Waals surface area contributed by atoms with Crippen LogP contribution in [-0.2, 0) is 4.79 Å². The Balaban J connectivity index is 1.29. The normalized spacial score (nSPS) is 26.2. The van der Waals surface area contributed by atoms with E-state index in [-0.39, 0.29) is 11.8 Å². The summed E-state index contributed by atoms with van der Waals surface area (Å²) in [5, 5.41) is 0. The van der Waals surface area contributed by atoms with Crippen LogP contribution in [-0.4, -0.2) is 30.5 Å². The van der Waals surface area contributed by atoms with Crippen molar-refractivity contribution in [1.29, 1.82) is 0 Å². The maximum absolute atomic E-state index is 12.7. The lowest BCUT2D eigenvalue weighted by Gasteiger charge is -2.33. The fourth-order valence-electron chi connectivity index (χ4n) is 3.65. The van der Waals surface area contributed by atoms with Gasteiger partial charge in [0.25, 0.3) is 0 Å². The van der Waals surface area contributed by atoms with Crippen LogP contribution in [0.4, 0.5) is 0 Å². The third-order valence-electron chi connectivity index (χ3n) is 5.08. The number of ether oxygens (including phenoxy) is 1. The van der Waals surface area contributed by atoms with Crippen molar-refractivity contribution >= 4 is 5.91 Å². The van der Waals surface area contributed by atoms with Gasteiger partial charge in [-0.1, -0.05) is 18.2 Å². The van der Waals surface area contributed by atoms with Gasteiger partial charge in [-0.3, -0.25) is 4.79 Å². The van der Waals surface area contributed by atoms with Crippen molar-refractivity contribution in [3.8, 4) is 5.75 Å². The summed E-state index contributed by atoms with van der Waals surface area (Å²) >= 11 is 0. The average Bonchev–Trinajstić information content (AvgIpc) is 3.25. The Morgan fingerprint density at radius 2 is 2.08 bits per heavy atom. The van der Waals surface area contributed by atoms with Gasteiger partial charge in [0.05, 0.1) is 12.9 Å². The van der Waals surface area contributed by atoms with Crippen molar-refractivity contribution in [2.75, 3.05) is 19.7 Å². The molecule has 126 valence electrons. The maximum atomic E-state index is 12.7. The number of carbonyl (C=O) groups excluding carboxylic acids is 1. The predicted molar refractivity (Wildman–Crippen MR) is 90.8 cm³/mol. The molecular formula is C20H23NO3. The smallest absolute Gasteiger partial charge is 0.226 e. The van der Waals surface area contributed by atoms with Gasteiger partial charge in [-0.05, 0) is 43.5 Å². The number of piperidine rings is 1. The first-order chi connectivity index (χ1) is 11.8. The first kappa shape index (κ1) is 15.3. The van der Waals surface area contributed by atoms with Crippen molar-refractivity contribution in [1.82, 2.24) is 4.90 Å². The van der Waals surface area contributed by atoms with E-state index in [9.17, 15) is 4.79 Å². The summed E-state index contributed by atoms with van der Waals surface area (Å²) in [5.41, 5.74) is 0. The summed E-state index contributed by atoms with van der Waals surface area (Å²) in [5.74, 6) is 2.97. The van der Waals surface area contributed by atoms with Crippen LogP contribution < -0.4 is 4.74 Å². The van der Waals surface area contributed by atoms with Gasteiger partial charge in [0.1, 0.15) is 11.5 Å². The minimum Gasteiger partial charge on any atom is -0.493 e. The molecule has 0 N–H and O–H groups in total. The molecule has 1 aliphatic heterocycles. The molecule has 0 radical (unpaired) electrons. The molecule has 2 heterocycles. The number of nitrogens with zero attached hydrogens (tertiary/aromatic N) is 1. The Bertz CT molecular complexity index is 667. The van der Waals surface area contributed by atoms with Gasteiger partial charge in [-0.2, -0.15) is 0 Å². The SMILES string of the molecule is O=C(C1CC1c1ccco1)N1CCCC(COc2ccccc2)C1. The first-order valence-corrected chi connectivity index (χ1v) is 8.81. The minimum atomic E-state index is 0.116. The van der Waals surface area contributed by atoms with Crippen molar-refractivity contribution in [3.05, 3.63) is 54.5 Å². The molecule has 4 rings (SSSR count). The van der Waals surface area contributed by atoms with Crippen LogP contribution in [0, 0.1) is 11.8 Å². The molecule has 4 nitrogen and oxygen atoms in total. The van der Waals surface area contributed by atoms with E-state index in [1.807, 2.05) is 47.4 Å². The molecule has 2 fully saturated rings. The second-order valence-electron chi connectivity index (χ2n) is 6.88. The predicted octanol–water partition coefficient (Wildman–Crippen LogP) is 3.70. The van der Waals surface area contributed by atoms with E-state index in [0.717, 1.165) is 43.9 Å². The summed E-state index contributed by atoms with van der Waals surface area (Å²) in [6, 6.07) is 13.8. The van der Waals surface area contributed by atoms with Gasteiger partial charge < -0.3 is 14.1 Å². The lowest BCUT2D eigenvalue weighted by molar-refractivity contribution is -0.134. The van der Waals surface area contributed by atoms with Crippen molar-refractivity contribution in [2.45, 2.75) is 25.2 Å². The average molecular weight is 325 g/mol. The number of benzene rings is 1. The van der Waals surface area contributed by atoms with Crippen molar-refractivity contribution in [2.24, 2.45) is 11.8 Å². The third kappa shape index (κ3) is 3.32. The second-order valence-corrected chi connectivity index (χ2v) is 6.88. The van der Waals surface area contributed by atoms with E-state index in [1.165, 1.54) is 0 Å². The number of likely N-dealkylation sites (tertiary alicyclic amines) is 1. The summed E-state index contributed by atoms with van der Waals surface area (Å²) < 4.78 is 11.3. The summed E-state index contributed by atoms with van der Waals surface area (Å²) in [6.07, 6.45) is 4.80. The fraction of sp³-hybridized carbons (Fsp3) is 0.450. The molecule has 0 bridgehead atoms. The van der Waals surface area contributed by atoms with Crippen molar-refractivity contribution in [3.63, 3.8) is 0 Å². The Labute approximate surface area is 142 Å². The molecule has 1 saturated heterocycles. The molecule has 0 spiro atoms. The Kier molecular flexibility index (Phi) is 4.28. The van der Waals surface area contributed by atoms with Gasteiger partial charge in [-0.25, -0.2) is 0 Å². The summed E-state index contributed by atoms with van der Waals surface area (Å²) in [6.45, 7) is 2.37. The van der Waals surface area contributed by atoms with Crippen LogP contribution in [0.3, 0.4) is 0 Å². The molecule has 3 unspecified atom stereocenters. The van der Waals surface area contributed by atoms with Crippen LogP contribution >= 0.6 is 0 Å². The largest absolute Gasteiger partial charge is 0.493 e. The Morgan fingerprint density at radius 1 is 1.21 bits per heavy atom. The fourth-order valence-corrected chi connectivity index (χ4v) is 3.65.